The number of rotatable bonds is 4. The van der Waals surface area contributed by atoms with Gasteiger partial charge in [-0.15, -0.1) is 11.3 Å². The van der Waals surface area contributed by atoms with E-state index in [2.05, 4.69) is 32.7 Å². The van der Waals surface area contributed by atoms with Crippen molar-refractivity contribution in [1.82, 2.24) is 4.98 Å². The lowest BCUT2D eigenvalue weighted by Gasteiger charge is -2.12. The molecule has 0 N–H and O–H groups in total. The monoisotopic (exact) mass is 315 g/mol. The van der Waals surface area contributed by atoms with Crippen molar-refractivity contribution in [1.29, 1.82) is 0 Å². The molecule has 0 amide bonds. The molecule has 22 heavy (non-hydrogen) atoms. The smallest absolute Gasteiger partial charge is 0.167 e. The number of nitrogens with zero attached hydrogens (tertiary/aromatic N) is 1. The summed E-state index contributed by atoms with van der Waals surface area (Å²) < 4.78 is 5.93. The lowest BCUT2D eigenvalue weighted by Crippen LogP contribution is -2.03. The van der Waals surface area contributed by atoms with Crippen LogP contribution in [0.4, 0.5) is 0 Å². The third-order valence-electron chi connectivity index (χ3n) is 4.13. The van der Waals surface area contributed by atoms with E-state index in [1.807, 2.05) is 17.5 Å². The number of aryl methyl sites for hydroxylation is 1. The van der Waals surface area contributed by atoms with Gasteiger partial charge in [0, 0.05) is 17.7 Å². The number of hydrogen-bond donors (Lipinski definition) is 0. The molecule has 1 aliphatic carbocycles. The molecule has 3 nitrogen and oxygen atoms in total. The molecular weight excluding hydrogens is 294 g/mol. The van der Waals surface area contributed by atoms with Crippen LogP contribution < -0.4 is 4.74 Å². The Morgan fingerprint density at radius 1 is 1.41 bits per heavy atom. The van der Waals surface area contributed by atoms with Crippen LogP contribution in [0.1, 0.15) is 71.2 Å². The Balaban J connectivity index is 1.83. The van der Waals surface area contributed by atoms with E-state index in [0.29, 0.717) is 24.7 Å². The predicted octanol–water partition coefficient (Wildman–Crippen LogP) is 4.84. The first kappa shape index (κ1) is 15.2. The van der Waals surface area contributed by atoms with Crippen LogP contribution in [-0.4, -0.2) is 10.8 Å². The lowest BCUT2D eigenvalue weighted by molar-refractivity contribution is 0.0986. The highest BCUT2D eigenvalue weighted by Gasteiger charge is 2.31. The Morgan fingerprint density at radius 2 is 2.18 bits per heavy atom. The molecule has 1 aliphatic rings. The molecule has 1 aromatic carbocycles. The minimum absolute atomic E-state index is 0.197. The molecule has 3 rings (SSSR count). The van der Waals surface area contributed by atoms with Crippen LogP contribution in [0.25, 0.3) is 0 Å². The maximum absolute atomic E-state index is 12.3. The highest BCUT2D eigenvalue weighted by Crippen LogP contribution is 2.40. The van der Waals surface area contributed by atoms with Crippen molar-refractivity contribution in [3.8, 4) is 5.75 Å². The highest BCUT2D eigenvalue weighted by molar-refractivity contribution is 7.09. The van der Waals surface area contributed by atoms with Crippen molar-refractivity contribution < 1.29 is 9.53 Å². The molecule has 0 spiro atoms. The van der Waals surface area contributed by atoms with E-state index in [1.54, 1.807) is 11.3 Å². The number of Topliss-reactive ketones (excluding diaryl/α,β-unsaturated/α-hetero) is 1. The lowest BCUT2D eigenvalue weighted by atomic mass is 9.97. The summed E-state index contributed by atoms with van der Waals surface area (Å²) in [6, 6.07) is 3.96. The number of thiazole rings is 1. The zero-order valence-electron chi connectivity index (χ0n) is 13.5. The van der Waals surface area contributed by atoms with Gasteiger partial charge in [-0.25, -0.2) is 4.98 Å². The molecule has 0 radical (unpaired) electrons. The second-order valence-corrected chi connectivity index (χ2v) is 7.21. The van der Waals surface area contributed by atoms with Gasteiger partial charge in [0.15, 0.2) is 5.78 Å². The molecule has 1 heterocycles. The summed E-state index contributed by atoms with van der Waals surface area (Å²) in [5.74, 6) is 1.62. The summed E-state index contributed by atoms with van der Waals surface area (Å²) >= 11 is 1.66. The van der Waals surface area contributed by atoms with Gasteiger partial charge in [-0.2, -0.15) is 0 Å². The quantitative estimate of drug-likeness (QED) is 0.810. The topological polar surface area (TPSA) is 39.2 Å². The van der Waals surface area contributed by atoms with Gasteiger partial charge in [-0.1, -0.05) is 26.8 Å². The molecule has 2 aromatic rings. The molecule has 4 heteroatoms. The van der Waals surface area contributed by atoms with Crippen LogP contribution >= 0.6 is 11.3 Å². The van der Waals surface area contributed by atoms with Gasteiger partial charge in [0.1, 0.15) is 12.4 Å². The van der Waals surface area contributed by atoms with Gasteiger partial charge in [0.05, 0.1) is 16.3 Å². The van der Waals surface area contributed by atoms with Crippen molar-refractivity contribution in [2.75, 3.05) is 0 Å². The van der Waals surface area contributed by atoms with E-state index in [9.17, 15) is 4.79 Å². The standard InChI is InChI=1S/C18H21NO2S/c1-10(2)18-19-13(9-22-18)8-21-15-6-5-11(3)16-12(4)7-14(20)17(15)16/h5-6,9-10,12H,7-8H2,1-4H3/t12-/m1/s1. The fourth-order valence-electron chi connectivity index (χ4n) is 3.03. The Kier molecular flexibility index (Phi) is 4.04. The van der Waals surface area contributed by atoms with Crippen molar-refractivity contribution in [2.45, 2.75) is 52.6 Å². The van der Waals surface area contributed by atoms with Crippen molar-refractivity contribution in [3.05, 3.63) is 44.9 Å². The SMILES string of the molecule is Cc1ccc(OCc2csc(C(C)C)n2)c2c1[C@H](C)CC2=O. The van der Waals surface area contributed by atoms with Gasteiger partial charge in [0.2, 0.25) is 0 Å². The first-order valence-corrected chi connectivity index (χ1v) is 8.59. The molecule has 116 valence electrons. The Labute approximate surface area is 135 Å². The molecular formula is C18H21NO2S. The Hall–Kier alpha value is -1.68. The second kappa shape index (κ2) is 5.84. The molecule has 0 fully saturated rings. The van der Waals surface area contributed by atoms with Gasteiger partial charge >= 0.3 is 0 Å². The average molecular weight is 315 g/mol. The van der Waals surface area contributed by atoms with Crippen LogP contribution in [0, 0.1) is 6.92 Å². The third kappa shape index (κ3) is 2.68. The summed E-state index contributed by atoms with van der Waals surface area (Å²) in [6.07, 6.45) is 0.588. The van der Waals surface area contributed by atoms with Gasteiger partial charge < -0.3 is 4.74 Å². The first-order chi connectivity index (χ1) is 10.5. The Bertz CT molecular complexity index is 718. The number of carbonyl (C=O) groups excluding carboxylic acids is 1. The molecule has 0 saturated heterocycles. The van der Waals surface area contributed by atoms with Crippen LogP contribution in [-0.2, 0) is 6.61 Å². The average Bonchev–Trinajstić information content (AvgIpc) is 3.04. The van der Waals surface area contributed by atoms with Gasteiger partial charge in [-0.05, 0) is 30.0 Å². The number of aromatic nitrogens is 1. The summed E-state index contributed by atoms with van der Waals surface area (Å²) in [4.78, 5) is 16.8. The summed E-state index contributed by atoms with van der Waals surface area (Å²) in [5.41, 5.74) is 4.05. The normalized spacial score (nSPS) is 17.1. The van der Waals surface area contributed by atoms with E-state index in [1.165, 1.54) is 5.56 Å². The minimum atomic E-state index is 0.197. The first-order valence-electron chi connectivity index (χ1n) is 7.71. The van der Waals surface area contributed by atoms with E-state index in [4.69, 9.17) is 4.74 Å². The minimum Gasteiger partial charge on any atom is -0.486 e. The van der Waals surface area contributed by atoms with Crippen LogP contribution in [0.5, 0.6) is 5.75 Å². The predicted molar refractivity (Wildman–Crippen MR) is 89.1 cm³/mol. The molecule has 1 aromatic heterocycles. The second-order valence-electron chi connectivity index (χ2n) is 6.32. The number of ketones is 1. The van der Waals surface area contributed by atoms with E-state index >= 15 is 0 Å². The maximum atomic E-state index is 12.3. The number of benzene rings is 1. The largest absolute Gasteiger partial charge is 0.486 e. The van der Waals surface area contributed by atoms with Crippen molar-refractivity contribution in [2.24, 2.45) is 0 Å². The zero-order valence-corrected chi connectivity index (χ0v) is 14.3. The van der Waals surface area contributed by atoms with Gasteiger partial charge in [0.25, 0.3) is 0 Å². The van der Waals surface area contributed by atoms with E-state index < -0.39 is 0 Å². The number of ether oxygens (including phenoxy) is 1. The van der Waals surface area contributed by atoms with Crippen molar-refractivity contribution in [3.63, 3.8) is 0 Å². The number of carbonyl (C=O) groups is 1. The number of fused-ring (bicyclic) bond motifs is 1. The molecule has 1 atom stereocenters. The van der Waals surface area contributed by atoms with E-state index in [0.717, 1.165) is 21.8 Å². The molecule has 0 saturated carbocycles. The fraction of sp³-hybridized carbons (Fsp3) is 0.444. The summed E-state index contributed by atoms with van der Waals surface area (Å²) in [6.45, 7) is 8.86. The molecule has 0 aliphatic heterocycles. The van der Waals surface area contributed by atoms with Gasteiger partial charge in [-0.3, -0.25) is 4.79 Å². The number of hydrogen-bond acceptors (Lipinski definition) is 4. The van der Waals surface area contributed by atoms with E-state index in [-0.39, 0.29) is 11.7 Å². The summed E-state index contributed by atoms with van der Waals surface area (Å²) in [7, 11) is 0. The van der Waals surface area contributed by atoms with Crippen LogP contribution in [0.2, 0.25) is 0 Å². The third-order valence-corrected chi connectivity index (χ3v) is 5.32. The maximum Gasteiger partial charge on any atom is 0.167 e. The molecule has 0 unspecified atom stereocenters. The van der Waals surface area contributed by atoms with Crippen LogP contribution in [0.3, 0.4) is 0 Å². The van der Waals surface area contributed by atoms with Crippen LogP contribution in [0.15, 0.2) is 17.5 Å². The highest BCUT2D eigenvalue weighted by atomic mass is 32.1. The zero-order chi connectivity index (χ0) is 15.9. The van der Waals surface area contributed by atoms with Crippen molar-refractivity contribution >= 4 is 17.1 Å². The summed E-state index contributed by atoms with van der Waals surface area (Å²) in [5, 5.41) is 3.16. The molecule has 0 bridgehead atoms. The Morgan fingerprint density at radius 3 is 2.86 bits per heavy atom. The fourth-order valence-corrected chi connectivity index (χ4v) is 3.85.